The van der Waals surface area contributed by atoms with Crippen molar-refractivity contribution in [3.63, 3.8) is 0 Å². The second kappa shape index (κ2) is 12.6. The molecular formula is C26H27ClN2O4. The van der Waals surface area contributed by atoms with Gasteiger partial charge in [-0.15, -0.1) is 0 Å². The fourth-order valence-corrected chi connectivity index (χ4v) is 3.46. The highest BCUT2D eigenvalue weighted by Gasteiger charge is 2.31. The highest BCUT2D eigenvalue weighted by atomic mass is 35.5. The molecule has 0 bridgehead atoms. The SMILES string of the molecule is COCCNC(=O)C(c1ccccc1)N(Cc1ccc(Cl)cc1)C(=O)COc1ccccc1. The largest absolute Gasteiger partial charge is 0.484 e. The predicted molar refractivity (Wildman–Crippen MR) is 128 cm³/mol. The van der Waals surface area contributed by atoms with E-state index in [2.05, 4.69) is 5.32 Å². The molecule has 0 aliphatic heterocycles. The van der Waals surface area contributed by atoms with Crippen LogP contribution in [0.3, 0.4) is 0 Å². The zero-order valence-electron chi connectivity index (χ0n) is 18.4. The van der Waals surface area contributed by atoms with Crippen molar-refractivity contribution in [1.82, 2.24) is 10.2 Å². The molecule has 0 saturated carbocycles. The molecule has 1 unspecified atom stereocenters. The lowest BCUT2D eigenvalue weighted by Crippen LogP contribution is -2.45. The van der Waals surface area contributed by atoms with Gasteiger partial charge in [-0.2, -0.15) is 0 Å². The van der Waals surface area contributed by atoms with Gasteiger partial charge in [0.15, 0.2) is 6.61 Å². The molecule has 0 heterocycles. The van der Waals surface area contributed by atoms with E-state index in [1.165, 1.54) is 4.90 Å². The molecule has 0 aromatic heterocycles. The minimum atomic E-state index is -0.842. The van der Waals surface area contributed by atoms with Gasteiger partial charge in [-0.1, -0.05) is 72.3 Å². The van der Waals surface area contributed by atoms with Crippen molar-refractivity contribution in [2.24, 2.45) is 0 Å². The lowest BCUT2D eigenvalue weighted by atomic mass is 10.0. The number of carbonyl (C=O) groups is 2. The van der Waals surface area contributed by atoms with Crippen LogP contribution in [-0.2, 0) is 20.9 Å². The molecule has 3 aromatic rings. The lowest BCUT2D eigenvalue weighted by molar-refractivity contribution is -0.143. The van der Waals surface area contributed by atoms with Gasteiger partial charge in [0.2, 0.25) is 5.91 Å². The Balaban J connectivity index is 1.90. The van der Waals surface area contributed by atoms with Gasteiger partial charge in [0.1, 0.15) is 11.8 Å². The van der Waals surface area contributed by atoms with Crippen LogP contribution in [0.4, 0.5) is 0 Å². The maximum Gasteiger partial charge on any atom is 0.261 e. The predicted octanol–water partition coefficient (Wildman–Crippen LogP) is 4.25. The number of para-hydroxylation sites is 1. The van der Waals surface area contributed by atoms with E-state index in [-0.39, 0.29) is 25.0 Å². The second-order valence-electron chi connectivity index (χ2n) is 7.35. The van der Waals surface area contributed by atoms with Crippen LogP contribution < -0.4 is 10.1 Å². The molecule has 3 rings (SSSR count). The zero-order valence-corrected chi connectivity index (χ0v) is 19.2. The van der Waals surface area contributed by atoms with E-state index in [9.17, 15) is 9.59 Å². The van der Waals surface area contributed by atoms with Gasteiger partial charge in [0, 0.05) is 25.2 Å². The van der Waals surface area contributed by atoms with E-state index >= 15 is 0 Å². The van der Waals surface area contributed by atoms with Crippen molar-refractivity contribution in [1.29, 1.82) is 0 Å². The Bertz CT molecular complexity index is 1010. The Morgan fingerprint density at radius 2 is 1.58 bits per heavy atom. The Morgan fingerprint density at radius 3 is 2.21 bits per heavy atom. The summed E-state index contributed by atoms with van der Waals surface area (Å²) in [5.41, 5.74) is 1.55. The number of halogens is 1. The minimum absolute atomic E-state index is 0.202. The second-order valence-corrected chi connectivity index (χ2v) is 7.78. The molecule has 172 valence electrons. The van der Waals surface area contributed by atoms with Crippen LogP contribution in [0.1, 0.15) is 17.2 Å². The number of carbonyl (C=O) groups excluding carboxylic acids is 2. The first-order chi connectivity index (χ1) is 16.1. The first kappa shape index (κ1) is 24.3. The number of nitrogens with zero attached hydrogens (tertiary/aromatic N) is 1. The summed E-state index contributed by atoms with van der Waals surface area (Å²) in [6.45, 7) is 0.718. The quantitative estimate of drug-likeness (QED) is 0.429. The molecule has 0 radical (unpaired) electrons. The van der Waals surface area contributed by atoms with Crippen molar-refractivity contribution in [2.75, 3.05) is 26.9 Å². The van der Waals surface area contributed by atoms with E-state index < -0.39 is 6.04 Å². The van der Waals surface area contributed by atoms with Gasteiger partial charge in [0.05, 0.1) is 6.61 Å². The summed E-state index contributed by atoms with van der Waals surface area (Å²) in [7, 11) is 1.57. The molecule has 0 aliphatic carbocycles. The van der Waals surface area contributed by atoms with Gasteiger partial charge < -0.3 is 19.7 Å². The molecule has 0 saturated heterocycles. The molecule has 2 amide bonds. The number of hydrogen-bond donors (Lipinski definition) is 1. The van der Waals surface area contributed by atoms with Gasteiger partial charge in [0.25, 0.3) is 5.91 Å². The molecule has 3 aromatic carbocycles. The third-order valence-corrected chi connectivity index (χ3v) is 5.22. The van der Waals surface area contributed by atoms with E-state index in [1.54, 1.807) is 31.4 Å². The van der Waals surface area contributed by atoms with Gasteiger partial charge in [-0.05, 0) is 35.4 Å². The third kappa shape index (κ3) is 7.34. The molecule has 33 heavy (non-hydrogen) atoms. The summed E-state index contributed by atoms with van der Waals surface area (Å²) in [5, 5.41) is 3.46. The van der Waals surface area contributed by atoms with Crippen molar-refractivity contribution >= 4 is 23.4 Å². The highest BCUT2D eigenvalue weighted by Crippen LogP contribution is 2.25. The van der Waals surface area contributed by atoms with Crippen LogP contribution in [0.25, 0.3) is 0 Å². The van der Waals surface area contributed by atoms with Gasteiger partial charge in [-0.25, -0.2) is 0 Å². The number of amides is 2. The highest BCUT2D eigenvalue weighted by molar-refractivity contribution is 6.30. The summed E-state index contributed by atoms with van der Waals surface area (Å²) < 4.78 is 10.8. The minimum Gasteiger partial charge on any atom is -0.484 e. The standard InChI is InChI=1S/C26H27ClN2O4/c1-32-17-16-28-26(31)25(21-8-4-2-5-9-21)29(18-20-12-14-22(27)15-13-20)24(30)19-33-23-10-6-3-7-11-23/h2-15,25H,16-19H2,1H3,(H,28,31). The Hall–Kier alpha value is -3.35. The number of benzene rings is 3. The van der Waals surface area contributed by atoms with Gasteiger partial charge >= 0.3 is 0 Å². The lowest BCUT2D eigenvalue weighted by Gasteiger charge is -2.31. The number of rotatable bonds is 11. The fourth-order valence-electron chi connectivity index (χ4n) is 3.34. The summed E-state index contributed by atoms with van der Waals surface area (Å²) in [5.74, 6) is -0.0251. The number of methoxy groups -OCH3 is 1. The Labute approximate surface area is 199 Å². The van der Waals surface area contributed by atoms with E-state index in [0.29, 0.717) is 29.5 Å². The van der Waals surface area contributed by atoms with Crippen molar-refractivity contribution in [2.45, 2.75) is 12.6 Å². The number of ether oxygens (including phenoxy) is 2. The molecule has 6 nitrogen and oxygen atoms in total. The monoisotopic (exact) mass is 466 g/mol. The molecule has 1 N–H and O–H groups in total. The maximum absolute atomic E-state index is 13.4. The van der Waals surface area contributed by atoms with Crippen LogP contribution in [0.15, 0.2) is 84.9 Å². The molecule has 0 spiro atoms. The smallest absolute Gasteiger partial charge is 0.261 e. The molecule has 7 heteroatoms. The average Bonchev–Trinajstić information content (AvgIpc) is 2.85. The topological polar surface area (TPSA) is 67.9 Å². The van der Waals surface area contributed by atoms with Gasteiger partial charge in [-0.3, -0.25) is 9.59 Å². The number of nitrogens with one attached hydrogen (secondary N) is 1. The van der Waals surface area contributed by atoms with Crippen LogP contribution >= 0.6 is 11.6 Å². The molecular weight excluding hydrogens is 440 g/mol. The van der Waals surface area contributed by atoms with Crippen molar-refractivity contribution in [3.05, 3.63) is 101 Å². The van der Waals surface area contributed by atoms with E-state index in [4.69, 9.17) is 21.1 Å². The third-order valence-electron chi connectivity index (χ3n) is 4.97. The fraction of sp³-hybridized carbons (Fsp3) is 0.231. The van der Waals surface area contributed by atoms with Crippen molar-refractivity contribution < 1.29 is 19.1 Å². The zero-order chi connectivity index (χ0) is 23.5. The maximum atomic E-state index is 13.4. The molecule has 1 atom stereocenters. The summed E-state index contributed by atoms with van der Waals surface area (Å²) in [6.07, 6.45) is 0. The van der Waals surface area contributed by atoms with Crippen LogP contribution in [0, 0.1) is 0 Å². The normalized spacial score (nSPS) is 11.5. The van der Waals surface area contributed by atoms with Crippen LogP contribution in [-0.4, -0.2) is 43.6 Å². The van der Waals surface area contributed by atoms with Crippen molar-refractivity contribution in [3.8, 4) is 5.75 Å². The van der Waals surface area contributed by atoms with Crippen LogP contribution in [0.2, 0.25) is 5.02 Å². The summed E-state index contributed by atoms with van der Waals surface area (Å²) >= 11 is 6.03. The van der Waals surface area contributed by atoms with E-state index in [0.717, 1.165) is 5.56 Å². The van der Waals surface area contributed by atoms with Crippen LogP contribution in [0.5, 0.6) is 5.75 Å². The molecule has 0 fully saturated rings. The Morgan fingerprint density at radius 1 is 0.939 bits per heavy atom. The molecule has 0 aliphatic rings. The average molecular weight is 467 g/mol. The summed E-state index contributed by atoms with van der Waals surface area (Å²) in [6, 6.07) is 24.7. The summed E-state index contributed by atoms with van der Waals surface area (Å²) in [4.78, 5) is 28.2. The first-order valence-electron chi connectivity index (χ1n) is 10.6. The Kier molecular flexibility index (Phi) is 9.30. The van der Waals surface area contributed by atoms with E-state index in [1.807, 2.05) is 60.7 Å². The number of hydrogen-bond acceptors (Lipinski definition) is 4. The first-order valence-corrected chi connectivity index (χ1v) is 11.0.